The maximum atomic E-state index is 13.3. The molecule has 0 radical (unpaired) electrons. The number of benzene rings is 2. The summed E-state index contributed by atoms with van der Waals surface area (Å²) in [5, 5.41) is 0. The van der Waals surface area contributed by atoms with Crippen molar-refractivity contribution < 1.29 is 26.8 Å². The molecule has 1 amide bonds. The van der Waals surface area contributed by atoms with Crippen LogP contribution in [0.4, 0.5) is 4.39 Å². The molecule has 0 saturated carbocycles. The molecule has 1 aromatic heterocycles. The standard InChI is InChI=1S/C23H25FN2O5S/c1-30-15-13-26(32(28,29)22-11-9-20(24)10-12-22)18-23(27)25(17-21-8-5-14-31-21)16-19-6-3-2-4-7-19/h2-12,14H,13,15-18H2,1H3. The normalized spacial score (nSPS) is 11.6. The second-order valence-electron chi connectivity index (χ2n) is 7.10. The van der Waals surface area contributed by atoms with Gasteiger partial charge in [-0.15, -0.1) is 0 Å². The van der Waals surface area contributed by atoms with E-state index in [4.69, 9.17) is 9.15 Å². The average molecular weight is 461 g/mol. The third-order valence-electron chi connectivity index (χ3n) is 4.80. The number of hydrogen-bond donors (Lipinski definition) is 0. The minimum absolute atomic E-state index is 0.0259. The zero-order valence-electron chi connectivity index (χ0n) is 17.7. The monoisotopic (exact) mass is 460 g/mol. The number of carbonyl (C=O) groups excluding carboxylic acids is 1. The van der Waals surface area contributed by atoms with Crippen LogP contribution in [0.3, 0.4) is 0 Å². The van der Waals surface area contributed by atoms with Crippen LogP contribution in [-0.2, 0) is 32.6 Å². The van der Waals surface area contributed by atoms with Gasteiger partial charge in [-0.3, -0.25) is 4.79 Å². The Morgan fingerprint density at radius 2 is 1.72 bits per heavy atom. The predicted octanol–water partition coefficient (Wildman–Crippen LogP) is 3.28. The number of amides is 1. The summed E-state index contributed by atoms with van der Waals surface area (Å²) in [6, 6.07) is 17.4. The molecule has 0 aliphatic carbocycles. The highest BCUT2D eigenvalue weighted by Crippen LogP contribution is 2.18. The molecule has 32 heavy (non-hydrogen) atoms. The van der Waals surface area contributed by atoms with Crippen molar-refractivity contribution in [2.75, 3.05) is 26.8 Å². The molecule has 0 N–H and O–H groups in total. The predicted molar refractivity (Wildman–Crippen MR) is 116 cm³/mol. The fourth-order valence-corrected chi connectivity index (χ4v) is 4.48. The molecule has 0 spiro atoms. The summed E-state index contributed by atoms with van der Waals surface area (Å²) in [6.07, 6.45) is 1.52. The first-order chi connectivity index (χ1) is 15.4. The second kappa shape index (κ2) is 11.0. The molecule has 0 aliphatic rings. The van der Waals surface area contributed by atoms with Crippen LogP contribution in [0.5, 0.6) is 0 Å². The summed E-state index contributed by atoms with van der Waals surface area (Å²) in [7, 11) is -2.59. The number of carbonyl (C=O) groups is 1. The van der Waals surface area contributed by atoms with Crippen LogP contribution in [0.2, 0.25) is 0 Å². The van der Waals surface area contributed by atoms with Gasteiger partial charge in [0.1, 0.15) is 11.6 Å². The van der Waals surface area contributed by atoms with Gasteiger partial charge in [0.05, 0.1) is 30.9 Å². The largest absolute Gasteiger partial charge is 0.467 e. The molecule has 9 heteroatoms. The van der Waals surface area contributed by atoms with Gasteiger partial charge in [-0.1, -0.05) is 30.3 Å². The highest BCUT2D eigenvalue weighted by molar-refractivity contribution is 7.89. The molecule has 0 unspecified atom stereocenters. The first-order valence-electron chi connectivity index (χ1n) is 9.99. The van der Waals surface area contributed by atoms with Crippen LogP contribution in [0.1, 0.15) is 11.3 Å². The summed E-state index contributed by atoms with van der Waals surface area (Å²) in [4.78, 5) is 14.7. The van der Waals surface area contributed by atoms with E-state index in [1.807, 2.05) is 30.3 Å². The minimum Gasteiger partial charge on any atom is -0.467 e. The zero-order chi connectivity index (χ0) is 23.0. The van der Waals surface area contributed by atoms with Crippen molar-refractivity contribution in [3.05, 3.63) is 90.1 Å². The van der Waals surface area contributed by atoms with Crippen molar-refractivity contribution in [2.24, 2.45) is 0 Å². The van der Waals surface area contributed by atoms with E-state index in [2.05, 4.69) is 0 Å². The van der Waals surface area contributed by atoms with Crippen molar-refractivity contribution in [1.29, 1.82) is 0 Å². The number of ether oxygens (including phenoxy) is 1. The number of nitrogens with zero attached hydrogens (tertiary/aromatic N) is 2. The van der Waals surface area contributed by atoms with Gasteiger partial charge < -0.3 is 14.1 Å². The Hall–Kier alpha value is -3.01. The van der Waals surface area contributed by atoms with Crippen LogP contribution in [0.15, 0.2) is 82.3 Å². The van der Waals surface area contributed by atoms with E-state index in [0.717, 1.165) is 22.0 Å². The van der Waals surface area contributed by atoms with Gasteiger partial charge >= 0.3 is 0 Å². The fraction of sp³-hybridized carbons (Fsp3) is 0.261. The van der Waals surface area contributed by atoms with Gasteiger partial charge in [-0.25, -0.2) is 12.8 Å². The van der Waals surface area contributed by atoms with Crippen molar-refractivity contribution in [3.63, 3.8) is 0 Å². The molecular weight excluding hydrogens is 435 g/mol. The van der Waals surface area contributed by atoms with E-state index >= 15 is 0 Å². The number of furan rings is 1. The number of halogens is 1. The van der Waals surface area contributed by atoms with E-state index in [0.29, 0.717) is 5.76 Å². The van der Waals surface area contributed by atoms with Gasteiger partial charge in [-0.2, -0.15) is 4.31 Å². The van der Waals surface area contributed by atoms with Gasteiger partial charge in [0.15, 0.2) is 0 Å². The quantitative estimate of drug-likeness (QED) is 0.439. The van der Waals surface area contributed by atoms with Crippen molar-refractivity contribution >= 4 is 15.9 Å². The Morgan fingerprint density at radius 1 is 1.00 bits per heavy atom. The fourth-order valence-electron chi connectivity index (χ4n) is 3.11. The van der Waals surface area contributed by atoms with Gasteiger partial charge in [-0.05, 0) is 42.0 Å². The lowest BCUT2D eigenvalue weighted by atomic mass is 10.2. The van der Waals surface area contributed by atoms with Crippen LogP contribution in [0.25, 0.3) is 0 Å². The van der Waals surface area contributed by atoms with Gasteiger partial charge in [0.25, 0.3) is 0 Å². The van der Waals surface area contributed by atoms with Crippen LogP contribution >= 0.6 is 0 Å². The molecule has 0 saturated heterocycles. The Morgan fingerprint density at radius 3 is 2.34 bits per heavy atom. The number of methoxy groups -OCH3 is 1. The van der Waals surface area contributed by atoms with Crippen LogP contribution in [-0.4, -0.2) is 50.3 Å². The van der Waals surface area contributed by atoms with E-state index < -0.39 is 28.3 Å². The van der Waals surface area contributed by atoms with Crippen LogP contribution < -0.4 is 0 Å². The summed E-state index contributed by atoms with van der Waals surface area (Å²) >= 11 is 0. The second-order valence-corrected chi connectivity index (χ2v) is 9.04. The van der Waals surface area contributed by atoms with Crippen molar-refractivity contribution in [2.45, 2.75) is 18.0 Å². The SMILES string of the molecule is COCCN(CC(=O)N(Cc1ccccc1)Cc1ccco1)S(=O)(=O)c1ccc(F)cc1. The molecule has 2 aromatic carbocycles. The first-order valence-corrected chi connectivity index (χ1v) is 11.4. The maximum Gasteiger partial charge on any atom is 0.243 e. The average Bonchev–Trinajstić information content (AvgIpc) is 3.30. The van der Waals surface area contributed by atoms with Crippen molar-refractivity contribution in [1.82, 2.24) is 9.21 Å². The highest BCUT2D eigenvalue weighted by Gasteiger charge is 2.29. The molecule has 3 aromatic rings. The highest BCUT2D eigenvalue weighted by atomic mass is 32.2. The topological polar surface area (TPSA) is 80.1 Å². The molecule has 0 atom stereocenters. The van der Waals surface area contributed by atoms with Gasteiger partial charge in [0, 0.05) is 20.2 Å². The Balaban J connectivity index is 1.84. The van der Waals surface area contributed by atoms with E-state index in [1.54, 1.807) is 12.1 Å². The van der Waals surface area contributed by atoms with E-state index in [-0.39, 0.29) is 31.1 Å². The van der Waals surface area contributed by atoms with Crippen molar-refractivity contribution in [3.8, 4) is 0 Å². The molecule has 0 fully saturated rings. The summed E-state index contributed by atoms with van der Waals surface area (Å²) in [5.41, 5.74) is 0.900. The minimum atomic E-state index is -4.04. The zero-order valence-corrected chi connectivity index (χ0v) is 18.5. The lowest BCUT2D eigenvalue weighted by Gasteiger charge is -2.27. The molecular formula is C23H25FN2O5S. The van der Waals surface area contributed by atoms with Gasteiger partial charge in [0.2, 0.25) is 15.9 Å². The lowest BCUT2D eigenvalue weighted by Crippen LogP contribution is -2.43. The molecule has 170 valence electrons. The summed E-state index contributed by atoms with van der Waals surface area (Å²) in [6.45, 7) is 0.160. The van der Waals surface area contributed by atoms with E-state index in [9.17, 15) is 17.6 Å². The Bertz CT molecular complexity index is 1090. The number of rotatable bonds is 11. The lowest BCUT2D eigenvalue weighted by molar-refractivity contribution is -0.133. The maximum absolute atomic E-state index is 13.3. The third-order valence-corrected chi connectivity index (χ3v) is 6.66. The van der Waals surface area contributed by atoms with E-state index in [1.165, 1.54) is 30.4 Å². The summed E-state index contributed by atoms with van der Waals surface area (Å²) in [5.74, 6) is -0.359. The third kappa shape index (κ3) is 6.25. The first kappa shape index (κ1) is 23.6. The molecule has 0 bridgehead atoms. The number of hydrogen-bond acceptors (Lipinski definition) is 5. The molecule has 1 heterocycles. The Kier molecular flexibility index (Phi) is 8.15. The molecule has 3 rings (SSSR count). The summed E-state index contributed by atoms with van der Waals surface area (Å²) < 4.78 is 51.0. The number of sulfonamides is 1. The Labute approximate surface area is 187 Å². The smallest absolute Gasteiger partial charge is 0.243 e. The van der Waals surface area contributed by atoms with Crippen LogP contribution in [0, 0.1) is 5.82 Å². The molecule has 7 nitrogen and oxygen atoms in total. The molecule has 0 aliphatic heterocycles.